The summed E-state index contributed by atoms with van der Waals surface area (Å²) in [5, 5.41) is 0. The lowest BCUT2D eigenvalue weighted by Crippen LogP contribution is -2.18. The zero-order valence-corrected chi connectivity index (χ0v) is 6.97. The van der Waals surface area contributed by atoms with Crippen molar-refractivity contribution in [3.63, 3.8) is 0 Å². The van der Waals surface area contributed by atoms with Crippen LogP contribution in [0.3, 0.4) is 0 Å². The Bertz CT molecular complexity index is 334. The van der Waals surface area contributed by atoms with Gasteiger partial charge in [-0.1, -0.05) is 0 Å². The van der Waals surface area contributed by atoms with Crippen LogP contribution in [0, 0.1) is 0 Å². The Morgan fingerprint density at radius 1 is 1.07 bits per heavy atom. The molecule has 0 aliphatic carbocycles. The topological polar surface area (TPSA) is 118 Å². The van der Waals surface area contributed by atoms with Crippen molar-refractivity contribution in [1.29, 1.82) is 0 Å². The highest BCUT2D eigenvalue weighted by atomic mass is 16.6. The number of aromatic nitrogens is 1. The van der Waals surface area contributed by atoms with Crippen LogP contribution < -0.4 is 20.9 Å². The number of nitrogens with zero attached hydrogens (tertiary/aromatic N) is 1. The summed E-state index contributed by atoms with van der Waals surface area (Å²) >= 11 is 0. The summed E-state index contributed by atoms with van der Waals surface area (Å²) in [5.41, 5.74) is 9.51. The zero-order chi connectivity index (χ0) is 10.6. The van der Waals surface area contributed by atoms with E-state index in [9.17, 15) is 9.59 Å². The van der Waals surface area contributed by atoms with Gasteiger partial charge in [0.05, 0.1) is 12.4 Å². The van der Waals surface area contributed by atoms with Crippen molar-refractivity contribution in [2.45, 2.75) is 0 Å². The minimum atomic E-state index is -0.983. The average molecular weight is 197 g/mol. The van der Waals surface area contributed by atoms with Gasteiger partial charge in [0.15, 0.2) is 11.5 Å². The van der Waals surface area contributed by atoms with Gasteiger partial charge < -0.3 is 20.9 Å². The number of amides is 2. The van der Waals surface area contributed by atoms with Crippen molar-refractivity contribution in [2.75, 3.05) is 0 Å². The molecule has 0 bridgehead atoms. The molecular weight excluding hydrogens is 190 g/mol. The van der Waals surface area contributed by atoms with Gasteiger partial charge in [-0.2, -0.15) is 0 Å². The Labute approximate surface area is 78.6 Å². The van der Waals surface area contributed by atoms with Crippen molar-refractivity contribution in [2.24, 2.45) is 11.5 Å². The number of hydrogen-bond donors (Lipinski definition) is 2. The van der Waals surface area contributed by atoms with E-state index in [1.807, 2.05) is 0 Å². The van der Waals surface area contributed by atoms with Crippen LogP contribution in [0.15, 0.2) is 18.5 Å². The number of carbonyl (C=O) groups excluding carboxylic acids is 2. The van der Waals surface area contributed by atoms with E-state index in [0.29, 0.717) is 0 Å². The molecule has 1 heterocycles. The van der Waals surface area contributed by atoms with E-state index in [4.69, 9.17) is 11.5 Å². The molecule has 7 nitrogen and oxygen atoms in total. The Morgan fingerprint density at radius 2 is 1.50 bits per heavy atom. The van der Waals surface area contributed by atoms with Gasteiger partial charge in [0, 0.05) is 6.07 Å². The summed E-state index contributed by atoms with van der Waals surface area (Å²) in [7, 11) is 0. The van der Waals surface area contributed by atoms with E-state index in [1.165, 1.54) is 18.5 Å². The van der Waals surface area contributed by atoms with E-state index in [-0.39, 0.29) is 11.5 Å². The molecule has 14 heavy (non-hydrogen) atoms. The second-order valence-electron chi connectivity index (χ2n) is 2.20. The molecule has 0 radical (unpaired) electrons. The lowest BCUT2D eigenvalue weighted by molar-refractivity contribution is 0.209. The summed E-state index contributed by atoms with van der Waals surface area (Å²) in [5.74, 6) is 0.132. The number of hydrogen-bond acceptors (Lipinski definition) is 5. The van der Waals surface area contributed by atoms with Crippen molar-refractivity contribution in [3.8, 4) is 11.5 Å². The van der Waals surface area contributed by atoms with Gasteiger partial charge in [-0.05, 0) is 0 Å². The van der Waals surface area contributed by atoms with Crippen molar-refractivity contribution < 1.29 is 19.1 Å². The highest BCUT2D eigenvalue weighted by Gasteiger charge is 2.03. The lowest BCUT2D eigenvalue weighted by atomic mass is 10.4. The predicted molar refractivity (Wildman–Crippen MR) is 44.7 cm³/mol. The first-order chi connectivity index (χ1) is 6.58. The second kappa shape index (κ2) is 4.08. The first-order valence-corrected chi connectivity index (χ1v) is 3.47. The third kappa shape index (κ3) is 2.97. The fraction of sp³-hybridized carbons (Fsp3) is 0. The number of ether oxygens (including phenoxy) is 2. The van der Waals surface area contributed by atoms with Crippen LogP contribution in [0.25, 0.3) is 0 Å². The summed E-state index contributed by atoms with van der Waals surface area (Å²) in [6.45, 7) is 0. The monoisotopic (exact) mass is 197 g/mol. The van der Waals surface area contributed by atoms with Crippen LogP contribution in [-0.2, 0) is 0 Å². The number of pyridine rings is 1. The molecular formula is C7H7N3O4. The number of nitrogens with two attached hydrogens (primary N) is 2. The molecule has 2 amide bonds. The Balaban J connectivity index is 2.78. The van der Waals surface area contributed by atoms with Crippen molar-refractivity contribution in [1.82, 2.24) is 4.98 Å². The van der Waals surface area contributed by atoms with E-state index in [0.717, 1.165) is 0 Å². The third-order valence-corrected chi connectivity index (χ3v) is 1.12. The minimum Gasteiger partial charge on any atom is -0.409 e. The SMILES string of the molecule is NC(=O)Oc1cncc(OC(N)=O)c1. The van der Waals surface area contributed by atoms with E-state index < -0.39 is 12.2 Å². The van der Waals surface area contributed by atoms with Crippen LogP contribution >= 0.6 is 0 Å². The largest absolute Gasteiger partial charge is 0.410 e. The highest BCUT2D eigenvalue weighted by Crippen LogP contribution is 2.16. The van der Waals surface area contributed by atoms with Gasteiger partial charge in [-0.15, -0.1) is 0 Å². The molecule has 0 fully saturated rings. The van der Waals surface area contributed by atoms with Gasteiger partial charge in [0.2, 0.25) is 0 Å². The summed E-state index contributed by atoms with van der Waals surface area (Å²) < 4.78 is 8.96. The van der Waals surface area contributed by atoms with Gasteiger partial charge in [0.1, 0.15) is 0 Å². The maximum Gasteiger partial charge on any atom is 0.410 e. The molecule has 1 rings (SSSR count). The van der Waals surface area contributed by atoms with E-state index >= 15 is 0 Å². The van der Waals surface area contributed by atoms with Crippen LogP contribution in [-0.4, -0.2) is 17.2 Å². The fourth-order valence-electron chi connectivity index (χ4n) is 0.743. The number of primary amides is 2. The molecule has 74 valence electrons. The molecule has 4 N–H and O–H groups in total. The molecule has 7 heteroatoms. The maximum absolute atomic E-state index is 10.3. The van der Waals surface area contributed by atoms with Gasteiger partial charge in [-0.3, -0.25) is 4.98 Å². The van der Waals surface area contributed by atoms with Gasteiger partial charge in [0.25, 0.3) is 0 Å². The average Bonchev–Trinajstić information content (AvgIpc) is 2.01. The number of rotatable bonds is 2. The zero-order valence-electron chi connectivity index (χ0n) is 6.97. The lowest BCUT2D eigenvalue weighted by Gasteiger charge is -2.02. The first kappa shape index (κ1) is 9.78. The van der Waals surface area contributed by atoms with E-state index in [1.54, 1.807) is 0 Å². The molecule has 0 aliphatic heterocycles. The molecule has 0 aromatic carbocycles. The first-order valence-electron chi connectivity index (χ1n) is 3.47. The smallest absolute Gasteiger partial charge is 0.409 e. The molecule has 1 aromatic heterocycles. The maximum atomic E-state index is 10.3. The quantitative estimate of drug-likeness (QED) is 0.691. The normalized spacial score (nSPS) is 9.14. The molecule has 1 aromatic rings. The van der Waals surface area contributed by atoms with Crippen LogP contribution in [0.4, 0.5) is 9.59 Å². The van der Waals surface area contributed by atoms with Crippen molar-refractivity contribution in [3.05, 3.63) is 18.5 Å². The van der Waals surface area contributed by atoms with Gasteiger partial charge in [-0.25, -0.2) is 9.59 Å². The van der Waals surface area contributed by atoms with E-state index in [2.05, 4.69) is 14.5 Å². The summed E-state index contributed by atoms with van der Waals surface area (Å²) in [4.78, 5) is 24.3. The minimum absolute atomic E-state index is 0.0660. The van der Waals surface area contributed by atoms with Gasteiger partial charge >= 0.3 is 12.2 Å². The Morgan fingerprint density at radius 3 is 1.86 bits per heavy atom. The third-order valence-electron chi connectivity index (χ3n) is 1.12. The molecule has 0 unspecified atom stereocenters. The Hall–Kier alpha value is -2.31. The fourth-order valence-corrected chi connectivity index (χ4v) is 0.743. The van der Waals surface area contributed by atoms with Crippen LogP contribution in [0.1, 0.15) is 0 Å². The molecule has 0 spiro atoms. The molecule has 0 saturated carbocycles. The van der Waals surface area contributed by atoms with Crippen LogP contribution in [0.2, 0.25) is 0 Å². The number of carbonyl (C=O) groups is 2. The molecule has 0 atom stereocenters. The highest BCUT2D eigenvalue weighted by molar-refractivity contribution is 5.69. The predicted octanol–water partition coefficient (Wildman–Crippen LogP) is -0.00340. The standard InChI is InChI=1S/C7H7N3O4/c8-6(11)13-4-1-5(3-10-2-4)14-7(9)12/h1-3H,(H2,8,11)(H2,9,12). The molecule has 0 aliphatic rings. The van der Waals surface area contributed by atoms with Crippen molar-refractivity contribution >= 4 is 12.2 Å². The summed E-state index contributed by atoms with van der Waals surface area (Å²) in [6.07, 6.45) is 0.503. The van der Waals surface area contributed by atoms with Crippen LogP contribution in [0.5, 0.6) is 11.5 Å². The molecule has 0 saturated heterocycles. The second-order valence-corrected chi connectivity index (χ2v) is 2.20. The summed E-state index contributed by atoms with van der Waals surface area (Å²) in [6, 6.07) is 1.25. The Kier molecular flexibility index (Phi) is 2.85.